The van der Waals surface area contributed by atoms with Crippen LogP contribution < -0.4 is 9.46 Å². The maximum atomic E-state index is 12.1. The minimum Gasteiger partial charge on any atom is -0.497 e. The van der Waals surface area contributed by atoms with E-state index in [1.54, 1.807) is 43.1 Å². The summed E-state index contributed by atoms with van der Waals surface area (Å²) in [6.07, 6.45) is 2.74. The Morgan fingerprint density at radius 3 is 2.39 bits per heavy atom. The fraction of sp³-hybridized carbons (Fsp3) is 0.500. The van der Waals surface area contributed by atoms with Gasteiger partial charge in [-0.15, -0.1) is 0 Å². The number of rotatable bonds is 7. The first-order valence-corrected chi connectivity index (χ1v) is 8.56. The SMILES string of the molecule is CC[C@@H](CSC)NS(=O)(=O)c1ccc(OC)cc1. The Morgan fingerprint density at radius 1 is 1.33 bits per heavy atom. The van der Waals surface area contributed by atoms with Gasteiger partial charge in [0.1, 0.15) is 5.75 Å². The zero-order chi connectivity index (χ0) is 13.6. The topological polar surface area (TPSA) is 55.4 Å². The third-order valence-corrected chi connectivity index (χ3v) is 4.82. The molecule has 102 valence electrons. The highest BCUT2D eigenvalue weighted by Gasteiger charge is 2.18. The molecule has 0 saturated heterocycles. The van der Waals surface area contributed by atoms with Gasteiger partial charge in [-0.25, -0.2) is 13.1 Å². The third kappa shape index (κ3) is 4.19. The zero-order valence-electron chi connectivity index (χ0n) is 10.8. The van der Waals surface area contributed by atoms with E-state index in [0.717, 1.165) is 12.2 Å². The monoisotopic (exact) mass is 289 g/mol. The number of sulfonamides is 1. The van der Waals surface area contributed by atoms with E-state index in [-0.39, 0.29) is 10.9 Å². The molecule has 0 bridgehead atoms. The van der Waals surface area contributed by atoms with Crippen molar-refractivity contribution in [3.63, 3.8) is 0 Å². The van der Waals surface area contributed by atoms with Crippen LogP contribution in [0.4, 0.5) is 0 Å². The van der Waals surface area contributed by atoms with E-state index in [0.29, 0.717) is 5.75 Å². The summed E-state index contributed by atoms with van der Waals surface area (Å²) in [5.41, 5.74) is 0. The van der Waals surface area contributed by atoms with Crippen molar-refractivity contribution in [2.45, 2.75) is 24.3 Å². The van der Waals surface area contributed by atoms with Gasteiger partial charge in [0.15, 0.2) is 0 Å². The molecule has 0 spiro atoms. The van der Waals surface area contributed by atoms with E-state index in [1.165, 1.54) is 0 Å². The second-order valence-electron chi connectivity index (χ2n) is 3.86. The Morgan fingerprint density at radius 2 is 1.94 bits per heavy atom. The largest absolute Gasteiger partial charge is 0.497 e. The summed E-state index contributed by atoms with van der Waals surface area (Å²) in [4.78, 5) is 0.267. The molecule has 1 aromatic rings. The number of ether oxygens (including phenoxy) is 1. The Kier molecular flexibility index (Phi) is 5.98. The van der Waals surface area contributed by atoms with E-state index in [9.17, 15) is 8.42 Å². The first-order valence-electron chi connectivity index (χ1n) is 5.68. The lowest BCUT2D eigenvalue weighted by Gasteiger charge is -2.16. The number of methoxy groups -OCH3 is 1. The highest BCUT2D eigenvalue weighted by atomic mass is 32.2. The van der Waals surface area contributed by atoms with Gasteiger partial charge in [-0.05, 0) is 36.9 Å². The van der Waals surface area contributed by atoms with Gasteiger partial charge in [0.05, 0.1) is 12.0 Å². The molecule has 18 heavy (non-hydrogen) atoms. The number of hydrogen-bond donors (Lipinski definition) is 1. The highest BCUT2D eigenvalue weighted by molar-refractivity contribution is 7.98. The number of hydrogen-bond acceptors (Lipinski definition) is 4. The quantitative estimate of drug-likeness (QED) is 0.835. The van der Waals surface area contributed by atoms with Crippen LogP contribution in [0.5, 0.6) is 5.75 Å². The van der Waals surface area contributed by atoms with Crippen molar-refractivity contribution in [2.75, 3.05) is 19.1 Å². The van der Waals surface area contributed by atoms with E-state index in [1.807, 2.05) is 13.2 Å². The van der Waals surface area contributed by atoms with Gasteiger partial charge in [0, 0.05) is 11.8 Å². The first-order chi connectivity index (χ1) is 8.53. The van der Waals surface area contributed by atoms with Crippen molar-refractivity contribution in [1.29, 1.82) is 0 Å². The molecule has 1 rings (SSSR count). The van der Waals surface area contributed by atoms with Gasteiger partial charge in [0.2, 0.25) is 10.0 Å². The molecule has 0 aliphatic carbocycles. The molecule has 0 heterocycles. The van der Waals surface area contributed by atoms with E-state index in [4.69, 9.17) is 4.74 Å². The average Bonchev–Trinajstić information content (AvgIpc) is 2.38. The Hall–Kier alpha value is -0.720. The molecule has 0 saturated carbocycles. The summed E-state index contributed by atoms with van der Waals surface area (Å²) in [5.74, 6) is 1.41. The molecule has 1 atom stereocenters. The molecule has 4 nitrogen and oxygen atoms in total. The third-order valence-electron chi connectivity index (χ3n) is 2.55. The maximum Gasteiger partial charge on any atom is 0.240 e. The van der Waals surface area contributed by atoms with Gasteiger partial charge >= 0.3 is 0 Å². The predicted molar refractivity (Wildman–Crippen MR) is 75.8 cm³/mol. The maximum absolute atomic E-state index is 12.1. The molecule has 0 radical (unpaired) electrons. The van der Waals surface area contributed by atoms with Crippen LogP contribution in [0.2, 0.25) is 0 Å². The van der Waals surface area contributed by atoms with Crippen LogP contribution in [-0.4, -0.2) is 33.6 Å². The predicted octanol–water partition coefficient (Wildman–Crippen LogP) is 2.12. The molecular weight excluding hydrogens is 270 g/mol. The first kappa shape index (κ1) is 15.3. The number of nitrogens with one attached hydrogen (secondary N) is 1. The molecule has 0 fully saturated rings. The summed E-state index contributed by atoms with van der Waals surface area (Å²) in [6, 6.07) is 6.35. The summed E-state index contributed by atoms with van der Waals surface area (Å²) < 4.78 is 31.9. The molecule has 0 unspecified atom stereocenters. The lowest BCUT2D eigenvalue weighted by molar-refractivity contribution is 0.414. The van der Waals surface area contributed by atoms with Gasteiger partial charge in [-0.3, -0.25) is 0 Å². The van der Waals surface area contributed by atoms with E-state index < -0.39 is 10.0 Å². The normalized spacial score (nSPS) is 13.3. The fourth-order valence-electron chi connectivity index (χ4n) is 1.48. The number of thioether (sulfide) groups is 1. The minimum atomic E-state index is -3.44. The molecule has 0 aromatic heterocycles. The molecule has 1 aromatic carbocycles. The van der Waals surface area contributed by atoms with E-state index in [2.05, 4.69) is 4.72 Å². The van der Waals surface area contributed by atoms with Crippen LogP contribution in [-0.2, 0) is 10.0 Å². The second kappa shape index (κ2) is 7.01. The lowest BCUT2D eigenvalue weighted by Crippen LogP contribution is -2.36. The van der Waals surface area contributed by atoms with E-state index >= 15 is 0 Å². The van der Waals surface area contributed by atoms with Crippen molar-refractivity contribution in [3.8, 4) is 5.75 Å². The lowest BCUT2D eigenvalue weighted by atomic mass is 10.3. The molecule has 1 N–H and O–H groups in total. The Bertz CT molecular complexity index is 457. The summed E-state index contributed by atoms with van der Waals surface area (Å²) in [7, 11) is -1.89. The smallest absolute Gasteiger partial charge is 0.240 e. The molecule has 0 aliphatic rings. The van der Waals surface area contributed by atoms with Crippen molar-refractivity contribution < 1.29 is 13.2 Å². The second-order valence-corrected chi connectivity index (χ2v) is 6.48. The molecule has 0 aliphatic heterocycles. The molecule has 0 amide bonds. The summed E-state index contributed by atoms with van der Waals surface area (Å²) in [5, 5.41) is 0. The van der Waals surface area contributed by atoms with Crippen LogP contribution in [0, 0.1) is 0 Å². The average molecular weight is 289 g/mol. The van der Waals surface area contributed by atoms with Crippen LogP contribution in [0.25, 0.3) is 0 Å². The van der Waals surface area contributed by atoms with Gasteiger partial charge < -0.3 is 4.74 Å². The fourth-order valence-corrected chi connectivity index (χ4v) is 3.62. The Labute approximate surface area is 113 Å². The summed E-state index contributed by atoms with van der Waals surface area (Å²) in [6.45, 7) is 1.97. The standard InChI is InChI=1S/C12H19NO3S2/c1-4-10(9-17-3)13-18(14,15)12-7-5-11(16-2)6-8-12/h5-8,10,13H,4,9H2,1-3H3/t10-/m0/s1. The van der Waals surface area contributed by atoms with Crippen molar-refractivity contribution >= 4 is 21.8 Å². The van der Waals surface area contributed by atoms with Gasteiger partial charge in [0.25, 0.3) is 0 Å². The van der Waals surface area contributed by atoms with Crippen molar-refractivity contribution in [1.82, 2.24) is 4.72 Å². The minimum absolute atomic E-state index is 0.0351. The van der Waals surface area contributed by atoms with Gasteiger partial charge in [-0.2, -0.15) is 11.8 Å². The Balaban J connectivity index is 2.84. The van der Waals surface area contributed by atoms with Crippen LogP contribution >= 0.6 is 11.8 Å². The van der Waals surface area contributed by atoms with Crippen LogP contribution in [0.3, 0.4) is 0 Å². The van der Waals surface area contributed by atoms with Crippen LogP contribution in [0.15, 0.2) is 29.2 Å². The molecular formula is C12H19NO3S2. The van der Waals surface area contributed by atoms with Gasteiger partial charge in [-0.1, -0.05) is 6.92 Å². The number of benzene rings is 1. The highest BCUT2D eigenvalue weighted by Crippen LogP contribution is 2.16. The zero-order valence-corrected chi connectivity index (χ0v) is 12.5. The van der Waals surface area contributed by atoms with Crippen LogP contribution in [0.1, 0.15) is 13.3 Å². The van der Waals surface area contributed by atoms with Crippen molar-refractivity contribution in [3.05, 3.63) is 24.3 Å². The summed E-state index contributed by atoms with van der Waals surface area (Å²) >= 11 is 1.63. The van der Waals surface area contributed by atoms with Crippen molar-refractivity contribution in [2.24, 2.45) is 0 Å². The molecule has 6 heteroatoms.